The molecule has 7 heteroatoms. The van der Waals surface area contributed by atoms with Crippen molar-refractivity contribution >= 4 is 11.9 Å². The smallest absolute Gasteiger partial charge is 0.328 e. The summed E-state index contributed by atoms with van der Waals surface area (Å²) in [6.07, 6.45) is 11.9. The van der Waals surface area contributed by atoms with E-state index in [1.165, 1.54) is 16.7 Å². The molecule has 0 aliphatic heterocycles. The van der Waals surface area contributed by atoms with E-state index in [1.807, 2.05) is 0 Å². The number of aliphatic carboxylic acids is 2. The minimum Gasteiger partial charge on any atom is -0.478 e. The van der Waals surface area contributed by atoms with Crippen molar-refractivity contribution in [3.05, 3.63) is 47.1 Å². The standard InChI is InChI=1S/C22H41NO2.C4H4O4/c1-18(2)10-8-11-19(3)12-9-13-20(4)14-15-25-17-21(24)16-23-22(5,6)7;5-3(6)1-2-4(7)8/h10,12,14,21,23-24H,8-9,11,13,15-17H2,1-7H3;1-2H,(H,5,6)(H,7,8)/b19-12+,20-14+;2-1-. The third kappa shape index (κ3) is 29.8. The fraction of sp³-hybridized carbons (Fsp3) is 0.615. The number of aliphatic hydroxyl groups excluding tert-OH is 1. The van der Waals surface area contributed by atoms with Gasteiger partial charge in [0, 0.05) is 24.2 Å². The minimum absolute atomic E-state index is 0.0226. The SMILES string of the molecule is CC(C)=CCC/C(C)=C/CC/C(C)=C/COCC(O)CNC(C)(C)C.O=C(O)/C=C\C(=O)O. The molecule has 0 rings (SSSR count). The number of hydrogen-bond acceptors (Lipinski definition) is 5. The molecule has 0 fully saturated rings. The monoisotopic (exact) mass is 467 g/mol. The van der Waals surface area contributed by atoms with E-state index in [4.69, 9.17) is 14.9 Å². The Bertz CT molecular complexity index is 663. The van der Waals surface area contributed by atoms with Crippen LogP contribution in [-0.4, -0.2) is 58.7 Å². The fourth-order valence-electron chi connectivity index (χ4n) is 2.37. The molecule has 0 aromatic carbocycles. The predicted octanol–water partition coefficient (Wildman–Crippen LogP) is 4.88. The van der Waals surface area contributed by atoms with Crippen molar-refractivity contribution in [3.8, 4) is 0 Å². The first-order chi connectivity index (χ1) is 15.2. The average molecular weight is 468 g/mol. The zero-order valence-corrected chi connectivity index (χ0v) is 21.5. The summed E-state index contributed by atoms with van der Waals surface area (Å²) in [7, 11) is 0. The molecular weight excluding hydrogens is 422 g/mol. The second kappa shape index (κ2) is 19.3. The Balaban J connectivity index is 0. The van der Waals surface area contributed by atoms with Gasteiger partial charge in [0.1, 0.15) is 0 Å². The maximum absolute atomic E-state index is 9.87. The molecule has 0 saturated heterocycles. The van der Waals surface area contributed by atoms with Gasteiger partial charge in [0.25, 0.3) is 0 Å². The number of allylic oxidation sites excluding steroid dienone is 5. The van der Waals surface area contributed by atoms with Crippen molar-refractivity contribution in [2.45, 2.75) is 85.8 Å². The van der Waals surface area contributed by atoms with Gasteiger partial charge in [-0.05, 0) is 74.1 Å². The van der Waals surface area contributed by atoms with E-state index in [0.717, 1.165) is 25.7 Å². The average Bonchev–Trinajstić information content (AvgIpc) is 2.68. The maximum atomic E-state index is 9.87. The molecule has 0 bridgehead atoms. The number of nitrogens with one attached hydrogen (secondary N) is 1. The molecule has 190 valence electrons. The first kappa shape index (κ1) is 33.0. The van der Waals surface area contributed by atoms with Crippen LogP contribution in [0.3, 0.4) is 0 Å². The lowest BCUT2D eigenvalue weighted by atomic mass is 10.1. The largest absolute Gasteiger partial charge is 0.478 e. The van der Waals surface area contributed by atoms with Crippen LogP contribution in [0.2, 0.25) is 0 Å². The number of carbonyl (C=O) groups is 2. The molecule has 0 aliphatic carbocycles. The van der Waals surface area contributed by atoms with Crippen molar-refractivity contribution in [1.82, 2.24) is 5.32 Å². The van der Waals surface area contributed by atoms with E-state index in [-0.39, 0.29) is 5.54 Å². The summed E-state index contributed by atoms with van der Waals surface area (Å²) in [5, 5.41) is 28.8. The van der Waals surface area contributed by atoms with Crippen LogP contribution in [0, 0.1) is 0 Å². The normalized spacial score (nSPS) is 13.3. The van der Waals surface area contributed by atoms with Crippen molar-refractivity contribution < 1.29 is 29.6 Å². The van der Waals surface area contributed by atoms with E-state index in [0.29, 0.717) is 31.9 Å². The summed E-state index contributed by atoms with van der Waals surface area (Å²) in [4.78, 5) is 19.1. The Kier molecular flexibility index (Phi) is 19.2. The van der Waals surface area contributed by atoms with E-state index in [2.05, 4.69) is 72.0 Å². The van der Waals surface area contributed by atoms with Crippen LogP contribution in [0.1, 0.15) is 74.1 Å². The molecule has 0 heterocycles. The predicted molar refractivity (Wildman–Crippen MR) is 134 cm³/mol. The van der Waals surface area contributed by atoms with Crippen LogP contribution in [-0.2, 0) is 14.3 Å². The molecule has 0 amide bonds. The van der Waals surface area contributed by atoms with Gasteiger partial charge in [-0.25, -0.2) is 9.59 Å². The van der Waals surface area contributed by atoms with Crippen LogP contribution < -0.4 is 5.32 Å². The number of β-amino-alcohol motifs (C(OH)–C–C–N with tert-alkyl or cyclic N) is 1. The number of carboxylic acid groups (broad SMARTS) is 2. The van der Waals surface area contributed by atoms with Crippen LogP contribution in [0.5, 0.6) is 0 Å². The molecule has 0 aromatic rings. The molecule has 33 heavy (non-hydrogen) atoms. The zero-order chi connectivity index (χ0) is 25.9. The second-order valence-corrected chi connectivity index (χ2v) is 9.29. The molecule has 0 aromatic heterocycles. The summed E-state index contributed by atoms with van der Waals surface area (Å²) < 4.78 is 5.55. The van der Waals surface area contributed by atoms with Gasteiger partial charge in [0.15, 0.2) is 0 Å². The van der Waals surface area contributed by atoms with E-state index >= 15 is 0 Å². The van der Waals surface area contributed by atoms with Crippen LogP contribution >= 0.6 is 0 Å². The summed E-state index contributed by atoms with van der Waals surface area (Å²) in [5.41, 5.74) is 4.23. The first-order valence-corrected chi connectivity index (χ1v) is 11.3. The highest BCUT2D eigenvalue weighted by Gasteiger charge is 2.11. The Morgan fingerprint density at radius 2 is 1.36 bits per heavy atom. The Hall–Kier alpha value is -2.22. The summed E-state index contributed by atoms with van der Waals surface area (Å²) >= 11 is 0. The molecule has 0 aliphatic rings. The van der Waals surface area contributed by atoms with Gasteiger partial charge in [-0.1, -0.05) is 34.9 Å². The quantitative estimate of drug-likeness (QED) is 0.163. The van der Waals surface area contributed by atoms with Crippen molar-refractivity contribution in [2.75, 3.05) is 19.8 Å². The molecule has 4 N–H and O–H groups in total. The highest BCUT2D eigenvalue weighted by molar-refractivity contribution is 5.89. The third-order valence-corrected chi connectivity index (χ3v) is 4.22. The van der Waals surface area contributed by atoms with E-state index < -0.39 is 18.0 Å². The highest BCUT2D eigenvalue weighted by Crippen LogP contribution is 2.11. The highest BCUT2D eigenvalue weighted by atomic mass is 16.5. The van der Waals surface area contributed by atoms with Crippen LogP contribution in [0.25, 0.3) is 0 Å². The van der Waals surface area contributed by atoms with Crippen molar-refractivity contribution in [1.29, 1.82) is 0 Å². The van der Waals surface area contributed by atoms with E-state index in [1.54, 1.807) is 0 Å². The molecule has 0 spiro atoms. The van der Waals surface area contributed by atoms with Crippen molar-refractivity contribution in [3.63, 3.8) is 0 Å². The van der Waals surface area contributed by atoms with Crippen LogP contribution in [0.4, 0.5) is 0 Å². The van der Waals surface area contributed by atoms with Gasteiger partial charge in [0.05, 0.1) is 19.3 Å². The number of carboxylic acids is 2. The van der Waals surface area contributed by atoms with Gasteiger partial charge >= 0.3 is 11.9 Å². The van der Waals surface area contributed by atoms with Gasteiger partial charge in [-0.2, -0.15) is 0 Å². The van der Waals surface area contributed by atoms with Crippen LogP contribution in [0.15, 0.2) is 47.1 Å². The van der Waals surface area contributed by atoms with Gasteiger partial charge in [0.2, 0.25) is 0 Å². The zero-order valence-electron chi connectivity index (χ0n) is 21.5. The molecule has 7 nitrogen and oxygen atoms in total. The lowest BCUT2D eigenvalue weighted by molar-refractivity contribution is -0.134. The number of aliphatic hydroxyl groups is 1. The number of rotatable bonds is 14. The third-order valence-electron chi connectivity index (χ3n) is 4.22. The lowest BCUT2D eigenvalue weighted by Crippen LogP contribution is -2.42. The van der Waals surface area contributed by atoms with Crippen molar-refractivity contribution in [2.24, 2.45) is 0 Å². The summed E-state index contributed by atoms with van der Waals surface area (Å²) in [6, 6.07) is 0. The second-order valence-electron chi connectivity index (χ2n) is 9.29. The maximum Gasteiger partial charge on any atom is 0.328 e. The Morgan fingerprint density at radius 1 is 0.879 bits per heavy atom. The van der Waals surface area contributed by atoms with E-state index in [9.17, 15) is 14.7 Å². The molecule has 1 atom stereocenters. The Labute approximate surface area is 199 Å². The molecule has 1 unspecified atom stereocenters. The minimum atomic E-state index is -1.26. The first-order valence-electron chi connectivity index (χ1n) is 11.3. The lowest BCUT2D eigenvalue weighted by Gasteiger charge is -2.22. The Morgan fingerprint density at radius 3 is 1.82 bits per heavy atom. The number of hydrogen-bond donors (Lipinski definition) is 4. The molecular formula is C26H45NO6. The van der Waals surface area contributed by atoms with Gasteiger partial charge in [-0.3, -0.25) is 0 Å². The number of ether oxygens (including phenoxy) is 1. The topological polar surface area (TPSA) is 116 Å². The van der Waals surface area contributed by atoms with Gasteiger partial charge in [-0.15, -0.1) is 0 Å². The molecule has 0 radical (unpaired) electrons. The summed E-state index contributed by atoms with van der Waals surface area (Å²) in [5.74, 6) is -2.51. The fourth-order valence-corrected chi connectivity index (χ4v) is 2.37. The van der Waals surface area contributed by atoms with Gasteiger partial charge < -0.3 is 25.4 Å². The molecule has 0 saturated carbocycles. The summed E-state index contributed by atoms with van der Waals surface area (Å²) in [6.45, 7) is 16.4.